The highest BCUT2D eigenvalue weighted by atomic mass is 32.2. The highest BCUT2D eigenvalue weighted by Crippen LogP contribution is 2.40. The normalized spacial score (nSPS) is 37.4. The zero-order valence-electron chi connectivity index (χ0n) is 11.7. The molecule has 4 heteroatoms. The average molecular weight is 271 g/mol. The molecule has 2 saturated heterocycles. The summed E-state index contributed by atoms with van der Waals surface area (Å²) in [5.41, 5.74) is 0.371. The molecule has 1 N–H and O–H groups in total. The number of rotatable bonds is 2. The Morgan fingerprint density at radius 2 is 2.17 bits per heavy atom. The Balaban J connectivity index is 2.03. The van der Waals surface area contributed by atoms with Gasteiger partial charge in [0.1, 0.15) is 0 Å². The summed E-state index contributed by atoms with van der Waals surface area (Å²) in [5.74, 6) is 1.73. The van der Waals surface area contributed by atoms with Crippen molar-refractivity contribution in [2.45, 2.75) is 52.1 Å². The lowest BCUT2D eigenvalue weighted by Gasteiger charge is -2.49. The summed E-state index contributed by atoms with van der Waals surface area (Å²) in [4.78, 5) is 13.7. The van der Waals surface area contributed by atoms with E-state index >= 15 is 0 Å². The number of carboxylic acids is 1. The molecule has 0 aromatic rings. The molecule has 2 aliphatic rings. The Kier molecular flexibility index (Phi) is 4.27. The van der Waals surface area contributed by atoms with Gasteiger partial charge in [0.05, 0.1) is 5.92 Å². The van der Waals surface area contributed by atoms with Crippen LogP contribution in [0.3, 0.4) is 0 Å². The molecule has 0 aliphatic carbocycles. The maximum atomic E-state index is 11.1. The zero-order chi connectivity index (χ0) is 13.3. The van der Waals surface area contributed by atoms with Crippen LogP contribution in [0.1, 0.15) is 40.0 Å². The van der Waals surface area contributed by atoms with Gasteiger partial charge in [-0.2, -0.15) is 11.8 Å². The number of piperidine rings is 1. The Morgan fingerprint density at radius 3 is 2.72 bits per heavy atom. The minimum atomic E-state index is -0.612. The second kappa shape index (κ2) is 5.41. The van der Waals surface area contributed by atoms with Crippen molar-refractivity contribution in [3.63, 3.8) is 0 Å². The molecule has 0 saturated carbocycles. The molecule has 3 atom stereocenters. The van der Waals surface area contributed by atoms with E-state index in [9.17, 15) is 4.79 Å². The fourth-order valence-electron chi connectivity index (χ4n) is 3.34. The predicted molar refractivity (Wildman–Crippen MR) is 76.0 cm³/mol. The largest absolute Gasteiger partial charge is 0.481 e. The van der Waals surface area contributed by atoms with Crippen molar-refractivity contribution in [1.82, 2.24) is 4.90 Å². The van der Waals surface area contributed by atoms with Crippen LogP contribution in [0.15, 0.2) is 0 Å². The fraction of sp³-hybridized carbons (Fsp3) is 0.929. The molecule has 2 rings (SSSR count). The molecular formula is C14H25NO2S. The molecule has 0 aromatic heterocycles. The molecule has 0 aromatic carbocycles. The van der Waals surface area contributed by atoms with E-state index in [1.807, 2.05) is 0 Å². The molecular weight excluding hydrogens is 246 g/mol. The molecule has 0 radical (unpaired) electrons. The van der Waals surface area contributed by atoms with Crippen LogP contribution in [-0.4, -0.2) is 46.1 Å². The van der Waals surface area contributed by atoms with Gasteiger partial charge in [-0.1, -0.05) is 13.8 Å². The van der Waals surface area contributed by atoms with Gasteiger partial charge in [-0.3, -0.25) is 9.69 Å². The number of hydrogen-bond acceptors (Lipinski definition) is 3. The number of carboxylic acid groups (broad SMARTS) is 1. The van der Waals surface area contributed by atoms with Gasteiger partial charge in [-0.25, -0.2) is 0 Å². The summed E-state index contributed by atoms with van der Waals surface area (Å²) in [7, 11) is 0. The first-order valence-corrected chi connectivity index (χ1v) is 8.13. The molecule has 0 spiro atoms. The van der Waals surface area contributed by atoms with Gasteiger partial charge in [0.2, 0.25) is 0 Å². The maximum absolute atomic E-state index is 11.1. The Hall–Kier alpha value is -0.220. The lowest BCUT2D eigenvalue weighted by atomic mass is 9.79. The van der Waals surface area contributed by atoms with E-state index in [0.29, 0.717) is 17.5 Å². The second-order valence-corrected chi connectivity index (χ2v) is 7.63. The third-order valence-electron chi connectivity index (χ3n) is 4.75. The van der Waals surface area contributed by atoms with Crippen LogP contribution in [0.4, 0.5) is 0 Å². The number of carbonyl (C=O) groups is 1. The van der Waals surface area contributed by atoms with Crippen molar-refractivity contribution in [1.29, 1.82) is 0 Å². The monoisotopic (exact) mass is 271 g/mol. The van der Waals surface area contributed by atoms with Gasteiger partial charge >= 0.3 is 5.97 Å². The van der Waals surface area contributed by atoms with Crippen molar-refractivity contribution in [2.75, 3.05) is 18.1 Å². The molecule has 18 heavy (non-hydrogen) atoms. The van der Waals surface area contributed by atoms with Crippen LogP contribution in [0.25, 0.3) is 0 Å². The van der Waals surface area contributed by atoms with Crippen LogP contribution in [0.5, 0.6) is 0 Å². The van der Waals surface area contributed by atoms with Crippen molar-refractivity contribution in [3.8, 4) is 0 Å². The highest BCUT2D eigenvalue weighted by Gasteiger charge is 2.41. The van der Waals surface area contributed by atoms with Crippen molar-refractivity contribution < 1.29 is 9.90 Å². The lowest BCUT2D eigenvalue weighted by Crippen LogP contribution is -2.55. The molecule has 2 heterocycles. The maximum Gasteiger partial charge on any atom is 0.306 e. The summed E-state index contributed by atoms with van der Waals surface area (Å²) >= 11 is 2.05. The van der Waals surface area contributed by atoms with E-state index in [1.165, 1.54) is 17.9 Å². The van der Waals surface area contributed by atoms with E-state index in [-0.39, 0.29) is 5.92 Å². The average Bonchev–Trinajstić information content (AvgIpc) is 2.29. The van der Waals surface area contributed by atoms with E-state index in [0.717, 1.165) is 19.4 Å². The summed E-state index contributed by atoms with van der Waals surface area (Å²) in [6.45, 7) is 7.89. The van der Waals surface area contributed by atoms with E-state index < -0.39 is 5.97 Å². The van der Waals surface area contributed by atoms with Crippen molar-refractivity contribution in [2.24, 2.45) is 11.3 Å². The van der Waals surface area contributed by atoms with Gasteiger partial charge in [0.15, 0.2) is 0 Å². The lowest BCUT2D eigenvalue weighted by molar-refractivity contribution is -0.144. The minimum absolute atomic E-state index is 0.129. The third-order valence-corrected chi connectivity index (χ3v) is 5.79. The first-order chi connectivity index (χ1) is 8.42. The Bertz CT molecular complexity index is 319. The van der Waals surface area contributed by atoms with Crippen LogP contribution in [-0.2, 0) is 4.79 Å². The molecule has 0 bridgehead atoms. The second-order valence-electron chi connectivity index (χ2n) is 6.48. The highest BCUT2D eigenvalue weighted by molar-refractivity contribution is 7.99. The number of hydrogen-bond donors (Lipinski definition) is 1. The summed E-state index contributed by atoms with van der Waals surface area (Å²) in [6, 6.07) is 1.02. The molecule has 104 valence electrons. The number of thioether (sulfide) groups is 1. The first kappa shape index (κ1) is 14.2. The van der Waals surface area contributed by atoms with Gasteiger partial charge in [0, 0.05) is 17.8 Å². The van der Waals surface area contributed by atoms with E-state index in [1.54, 1.807) is 0 Å². The molecule has 2 aliphatic heterocycles. The topological polar surface area (TPSA) is 40.5 Å². The van der Waals surface area contributed by atoms with Crippen molar-refractivity contribution >= 4 is 17.7 Å². The molecule has 2 fully saturated rings. The van der Waals surface area contributed by atoms with E-state index in [4.69, 9.17) is 5.11 Å². The molecule has 3 nitrogen and oxygen atoms in total. The summed E-state index contributed by atoms with van der Waals surface area (Å²) < 4.78 is 0. The van der Waals surface area contributed by atoms with Gasteiger partial charge in [-0.15, -0.1) is 0 Å². The van der Waals surface area contributed by atoms with Crippen LogP contribution in [0.2, 0.25) is 0 Å². The summed E-state index contributed by atoms with van der Waals surface area (Å²) in [5, 5.41) is 9.13. The number of nitrogens with zero attached hydrogens (tertiary/aromatic N) is 1. The Morgan fingerprint density at radius 1 is 1.44 bits per heavy atom. The smallest absolute Gasteiger partial charge is 0.306 e. The zero-order valence-corrected chi connectivity index (χ0v) is 12.5. The standard InChI is InChI=1S/C14H25NO2S/c1-10-8-11(13(16)17)4-6-15(10)12-9-18-7-5-14(12,2)3/h10-12H,4-9H2,1-3H3,(H,16,17). The Labute approximate surface area is 114 Å². The van der Waals surface area contributed by atoms with Crippen LogP contribution >= 0.6 is 11.8 Å². The molecule has 0 amide bonds. The fourth-order valence-corrected chi connectivity index (χ4v) is 5.05. The minimum Gasteiger partial charge on any atom is -0.481 e. The van der Waals surface area contributed by atoms with Crippen LogP contribution < -0.4 is 0 Å². The third kappa shape index (κ3) is 2.85. The van der Waals surface area contributed by atoms with Crippen molar-refractivity contribution in [3.05, 3.63) is 0 Å². The number of aliphatic carboxylic acids is 1. The summed E-state index contributed by atoms with van der Waals surface area (Å²) in [6.07, 6.45) is 2.90. The predicted octanol–water partition coefficient (Wildman–Crippen LogP) is 2.70. The first-order valence-electron chi connectivity index (χ1n) is 6.98. The van der Waals surface area contributed by atoms with E-state index in [2.05, 4.69) is 37.4 Å². The van der Waals surface area contributed by atoms with Gasteiger partial charge in [-0.05, 0) is 43.9 Å². The quantitative estimate of drug-likeness (QED) is 0.838. The van der Waals surface area contributed by atoms with Gasteiger partial charge < -0.3 is 5.11 Å². The number of likely N-dealkylation sites (tertiary alicyclic amines) is 1. The van der Waals surface area contributed by atoms with Gasteiger partial charge in [0.25, 0.3) is 0 Å². The van der Waals surface area contributed by atoms with Crippen LogP contribution in [0, 0.1) is 11.3 Å². The SMILES string of the molecule is CC1CC(C(=O)O)CCN1C1CSCCC1(C)C. The molecule has 3 unspecified atom stereocenters.